The summed E-state index contributed by atoms with van der Waals surface area (Å²) in [6.45, 7) is 18.2. The van der Waals surface area contributed by atoms with E-state index in [1.807, 2.05) is 27.7 Å². The highest BCUT2D eigenvalue weighted by Gasteiger charge is 2.79. The van der Waals surface area contributed by atoms with E-state index in [0.29, 0.717) is 32.4 Å². The van der Waals surface area contributed by atoms with Crippen LogP contribution in [0, 0.1) is 17.8 Å². The molecule has 2 bridgehead atoms. The van der Waals surface area contributed by atoms with Gasteiger partial charge in [-0.25, -0.2) is 0 Å². The minimum absolute atomic E-state index is 0.0367. The fourth-order valence-corrected chi connectivity index (χ4v) is 7.36. The average molecular weight is 532 g/mol. The molecule has 0 aromatic heterocycles. The number of hydrogen-bond acceptors (Lipinski definition) is 5. The zero-order chi connectivity index (χ0) is 28.4. The number of likely N-dealkylation sites (tertiary alicyclic amines) is 1. The number of aliphatic hydroxyl groups is 1. The van der Waals surface area contributed by atoms with Crippen molar-refractivity contribution in [2.75, 3.05) is 26.7 Å². The Labute approximate surface area is 229 Å². The molecule has 3 aliphatic heterocycles. The van der Waals surface area contributed by atoms with E-state index in [2.05, 4.69) is 20.1 Å². The van der Waals surface area contributed by atoms with Crippen LogP contribution in [0.15, 0.2) is 25.3 Å². The van der Waals surface area contributed by atoms with Gasteiger partial charge in [0, 0.05) is 26.2 Å². The quantitative estimate of drug-likeness (QED) is 0.347. The van der Waals surface area contributed by atoms with Crippen LogP contribution in [0.3, 0.4) is 0 Å². The SMILES string of the molecule is C=CCN(C)C(=O)[C@H]1[C@H]2C(=O)N([C@@H](CO)[C@@H](C)CC)C(C(=O)N(CC=C)C(C)CCC)C23CC[C@]1(CC)O3. The Morgan fingerprint density at radius 2 is 1.82 bits per heavy atom. The van der Waals surface area contributed by atoms with Gasteiger partial charge in [-0.1, -0.05) is 52.7 Å². The van der Waals surface area contributed by atoms with Crippen LogP contribution < -0.4 is 0 Å². The van der Waals surface area contributed by atoms with Gasteiger partial charge in [0.05, 0.1) is 30.1 Å². The zero-order valence-electron chi connectivity index (χ0n) is 24.3. The highest BCUT2D eigenvalue weighted by Crippen LogP contribution is 2.65. The first-order chi connectivity index (χ1) is 18.0. The Morgan fingerprint density at radius 1 is 1.16 bits per heavy atom. The molecule has 3 unspecified atom stereocenters. The molecule has 3 heterocycles. The Morgan fingerprint density at radius 3 is 2.34 bits per heavy atom. The van der Waals surface area contributed by atoms with E-state index >= 15 is 0 Å². The van der Waals surface area contributed by atoms with E-state index in [9.17, 15) is 19.5 Å². The van der Waals surface area contributed by atoms with Crippen molar-refractivity contribution in [3.8, 4) is 0 Å². The number of carbonyl (C=O) groups excluding carboxylic acids is 3. The van der Waals surface area contributed by atoms with Gasteiger partial charge in [0.1, 0.15) is 11.6 Å². The maximum Gasteiger partial charge on any atom is 0.248 e. The summed E-state index contributed by atoms with van der Waals surface area (Å²) in [4.78, 5) is 48.0. The smallest absolute Gasteiger partial charge is 0.248 e. The summed E-state index contributed by atoms with van der Waals surface area (Å²) in [5.74, 6) is -2.06. The molecule has 3 saturated heterocycles. The lowest BCUT2D eigenvalue weighted by Crippen LogP contribution is -2.61. The molecule has 0 radical (unpaired) electrons. The molecule has 0 aromatic carbocycles. The molecule has 3 amide bonds. The molecule has 8 nitrogen and oxygen atoms in total. The van der Waals surface area contributed by atoms with Crippen LogP contribution in [0.5, 0.6) is 0 Å². The van der Waals surface area contributed by atoms with Crippen LogP contribution in [0.1, 0.15) is 73.1 Å². The summed E-state index contributed by atoms with van der Waals surface area (Å²) in [6, 6.07) is -1.50. The Balaban J connectivity index is 2.20. The standard InChI is InChI=1S/C30H49N3O5/c1-9-14-21(7)32(18-11-3)28(37)25-30-16-15-29(13-5,38-30)23(26(35)31(8)17-10-2)24(30)27(36)33(25)22(19-34)20(6)12-4/h10-11,20-25,34H,2-3,9,12-19H2,1,4-8H3/t20-,21?,22-,23+,24-,25?,29-,30?/m0/s1. The van der Waals surface area contributed by atoms with Crippen molar-refractivity contribution >= 4 is 17.7 Å². The molecule has 8 atom stereocenters. The molecule has 214 valence electrons. The van der Waals surface area contributed by atoms with Crippen molar-refractivity contribution in [2.45, 2.75) is 102 Å². The van der Waals surface area contributed by atoms with Crippen LogP contribution in [0.25, 0.3) is 0 Å². The Bertz CT molecular complexity index is 924. The number of nitrogens with zero attached hydrogens (tertiary/aromatic N) is 3. The summed E-state index contributed by atoms with van der Waals surface area (Å²) in [5, 5.41) is 10.5. The van der Waals surface area contributed by atoms with E-state index in [1.54, 1.807) is 33.9 Å². The fourth-order valence-electron chi connectivity index (χ4n) is 7.36. The van der Waals surface area contributed by atoms with E-state index < -0.39 is 35.1 Å². The molecule has 3 rings (SSSR count). The predicted octanol–water partition coefficient (Wildman–Crippen LogP) is 3.40. The first kappa shape index (κ1) is 30.4. The summed E-state index contributed by atoms with van der Waals surface area (Å²) >= 11 is 0. The third-order valence-corrected chi connectivity index (χ3v) is 9.59. The van der Waals surface area contributed by atoms with E-state index in [1.165, 1.54) is 0 Å². The molecule has 0 aliphatic carbocycles. The molecular weight excluding hydrogens is 482 g/mol. The number of fused-ring (bicyclic) bond motifs is 1. The molecule has 1 spiro atoms. The highest BCUT2D eigenvalue weighted by atomic mass is 16.5. The third kappa shape index (κ3) is 4.61. The normalized spacial score (nSPS) is 32.0. The van der Waals surface area contributed by atoms with E-state index in [-0.39, 0.29) is 36.3 Å². The van der Waals surface area contributed by atoms with Gasteiger partial charge in [0.2, 0.25) is 17.7 Å². The van der Waals surface area contributed by atoms with Crippen LogP contribution in [0.4, 0.5) is 0 Å². The minimum atomic E-state index is -1.11. The van der Waals surface area contributed by atoms with Gasteiger partial charge in [-0.15, -0.1) is 13.2 Å². The second-order valence-corrected chi connectivity index (χ2v) is 11.6. The van der Waals surface area contributed by atoms with Crippen LogP contribution in [0.2, 0.25) is 0 Å². The van der Waals surface area contributed by atoms with Crippen molar-refractivity contribution in [1.82, 2.24) is 14.7 Å². The largest absolute Gasteiger partial charge is 0.394 e. The van der Waals surface area contributed by atoms with Gasteiger partial charge in [-0.2, -0.15) is 0 Å². The second kappa shape index (κ2) is 11.9. The number of ether oxygens (including phenoxy) is 1. The average Bonchev–Trinajstić information content (AvgIpc) is 3.51. The van der Waals surface area contributed by atoms with Crippen LogP contribution in [-0.4, -0.2) is 93.6 Å². The predicted molar refractivity (Wildman–Crippen MR) is 148 cm³/mol. The van der Waals surface area contributed by atoms with Gasteiger partial charge in [-0.05, 0) is 38.5 Å². The minimum Gasteiger partial charge on any atom is -0.394 e. The van der Waals surface area contributed by atoms with Gasteiger partial charge in [-0.3, -0.25) is 14.4 Å². The summed E-state index contributed by atoms with van der Waals surface area (Å²) in [5.41, 5.74) is -1.90. The van der Waals surface area contributed by atoms with Crippen molar-refractivity contribution in [3.63, 3.8) is 0 Å². The number of likely N-dealkylation sites (N-methyl/N-ethyl adjacent to an activating group) is 1. The lowest BCUT2D eigenvalue weighted by molar-refractivity contribution is -0.159. The van der Waals surface area contributed by atoms with Crippen molar-refractivity contribution < 1.29 is 24.2 Å². The Kier molecular flexibility index (Phi) is 9.51. The van der Waals surface area contributed by atoms with Gasteiger partial charge in [0.25, 0.3) is 0 Å². The maximum absolute atomic E-state index is 14.6. The fraction of sp³-hybridized carbons (Fsp3) is 0.767. The summed E-state index contributed by atoms with van der Waals surface area (Å²) < 4.78 is 6.90. The lowest BCUT2D eigenvalue weighted by Gasteiger charge is -2.42. The first-order valence-corrected chi connectivity index (χ1v) is 14.5. The Hall–Kier alpha value is -2.19. The second-order valence-electron chi connectivity index (χ2n) is 11.6. The van der Waals surface area contributed by atoms with Crippen LogP contribution in [-0.2, 0) is 19.1 Å². The molecule has 0 saturated carbocycles. The summed E-state index contributed by atoms with van der Waals surface area (Å²) in [6.07, 6.45) is 7.58. The van der Waals surface area contributed by atoms with Gasteiger partial charge in [0.15, 0.2) is 0 Å². The van der Waals surface area contributed by atoms with Crippen molar-refractivity contribution in [3.05, 3.63) is 25.3 Å². The molecule has 1 N–H and O–H groups in total. The van der Waals surface area contributed by atoms with E-state index in [0.717, 1.165) is 19.3 Å². The molecule has 38 heavy (non-hydrogen) atoms. The topological polar surface area (TPSA) is 90.4 Å². The first-order valence-electron chi connectivity index (χ1n) is 14.5. The van der Waals surface area contributed by atoms with Crippen molar-refractivity contribution in [2.24, 2.45) is 17.8 Å². The molecular formula is C30H49N3O5. The van der Waals surface area contributed by atoms with Gasteiger partial charge < -0.3 is 24.5 Å². The number of hydrogen-bond donors (Lipinski definition) is 1. The molecule has 8 heteroatoms. The van der Waals surface area contributed by atoms with E-state index in [4.69, 9.17) is 4.74 Å². The number of rotatable bonds is 14. The molecule has 0 aromatic rings. The molecule has 3 fully saturated rings. The van der Waals surface area contributed by atoms with Gasteiger partial charge >= 0.3 is 0 Å². The number of amides is 3. The maximum atomic E-state index is 14.6. The monoisotopic (exact) mass is 531 g/mol. The number of carbonyl (C=O) groups is 3. The summed E-state index contributed by atoms with van der Waals surface area (Å²) in [7, 11) is 1.72. The molecule has 3 aliphatic rings. The third-order valence-electron chi connectivity index (χ3n) is 9.59. The van der Waals surface area contributed by atoms with Crippen molar-refractivity contribution in [1.29, 1.82) is 0 Å². The highest BCUT2D eigenvalue weighted by molar-refractivity contribution is 5.99. The lowest BCUT2D eigenvalue weighted by atomic mass is 9.64. The zero-order valence-corrected chi connectivity index (χ0v) is 24.3. The number of aliphatic hydroxyl groups excluding tert-OH is 1. The van der Waals surface area contributed by atoms with Crippen LogP contribution >= 0.6 is 0 Å².